The van der Waals surface area contributed by atoms with Crippen molar-refractivity contribution in [3.05, 3.63) is 30.1 Å². The molecule has 2 amide bonds. The molecule has 1 atom stereocenters. The normalized spacial score (nSPS) is 22.6. The van der Waals surface area contributed by atoms with Crippen LogP contribution in [0.3, 0.4) is 0 Å². The van der Waals surface area contributed by atoms with E-state index in [0.717, 1.165) is 50.8 Å². The number of aromatic nitrogens is 1. The Morgan fingerprint density at radius 2 is 1.81 bits per heavy atom. The number of aliphatic carboxylic acids is 1. The molecule has 0 bridgehead atoms. The van der Waals surface area contributed by atoms with Gasteiger partial charge in [0.2, 0.25) is 5.91 Å². The van der Waals surface area contributed by atoms with Crippen LogP contribution in [0.25, 0.3) is 0 Å². The summed E-state index contributed by atoms with van der Waals surface area (Å²) in [5.74, 6) is -2.39. The van der Waals surface area contributed by atoms with Gasteiger partial charge in [0.1, 0.15) is 6.10 Å². The third-order valence-electron chi connectivity index (χ3n) is 6.22. The molecule has 32 heavy (non-hydrogen) atoms. The number of carbonyl (C=O) groups excluding carboxylic acids is 2. The average Bonchev–Trinajstić information content (AvgIpc) is 3.40. The summed E-state index contributed by atoms with van der Waals surface area (Å²) in [7, 11) is 0. The first kappa shape index (κ1) is 24.0. The molecule has 3 aliphatic heterocycles. The largest absolute Gasteiger partial charge is 0.490 e. The zero-order valence-corrected chi connectivity index (χ0v) is 17.5. The van der Waals surface area contributed by atoms with Gasteiger partial charge in [0.25, 0.3) is 5.91 Å². The maximum atomic E-state index is 12.6. The third-order valence-corrected chi connectivity index (χ3v) is 6.22. The highest BCUT2D eigenvalue weighted by Crippen LogP contribution is 2.40. The highest BCUT2D eigenvalue weighted by Gasteiger charge is 2.47. The number of carboxylic acids is 1. The Morgan fingerprint density at radius 3 is 2.34 bits per heavy atom. The lowest BCUT2D eigenvalue weighted by atomic mass is 9.84. The lowest BCUT2D eigenvalue weighted by molar-refractivity contribution is -0.192. The van der Waals surface area contributed by atoms with Crippen molar-refractivity contribution in [2.24, 2.45) is 0 Å². The summed E-state index contributed by atoms with van der Waals surface area (Å²) in [6, 6.07) is 3.94. The van der Waals surface area contributed by atoms with Gasteiger partial charge in [0.05, 0.1) is 0 Å². The number of pyridine rings is 1. The molecule has 1 aromatic rings. The van der Waals surface area contributed by atoms with Crippen LogP contribution in [0.2, 0.25) is 0 Å². The van der Waals surface area contributed by atoms with Gasteiger partial charge in [0, 0.05) is 50.6 Å². The number of alkyl halides is 3. The fraction of sp³-hybridized carbons (Fsp3) is 0.619. The van der Waals surface area contributed by atoms with Crippen molar-refractivity contribution in [2.75, 3.05) is 19.7 Å². The van der Waals surface area contributed by atoms with E-state index in [-0.39, 0.29) is 23.5 Å². The zero-order valence-electron chi connectivity index (χ0n) is 17.5. The summed E-state index contributed by atoms with van der Waals surface area (Å²) in [5, 5.41) is 7.12. The fourth-order valence-electron chi connectivity index (χ4n) is 4.44. The van der Waals surface area contributed by atoms with Crippen LogP contribution in [0.4, 0.5) is 13.2 Å². The second-order valence-corrected chi connectivity index (χ2v) is 8.19. The van der Waals surface area contributed by atoms with Crippen LogP contribution in [-0.2, 0) is 25.7 Å². The molecule has 1 spiro atoms. The number of carbonyl (C=O) groups is 3. The van der Waals surface area contributed by atoms with Crippen LogP contribution in [-0.4, -0.2) is 75.2 Å². The Kier molecular flexibility index (Phi) is 7.37. The topological polar surface area (TPSA) is 100 Å². The molecule has 0 aliphatic carbocycles. The van der Waals surface area contributed by atoms with Crippen LogP contribution in [0.1, 0.15) is 44.1 Å². The Hall–Kier alpha value is -2.69. The van der Waals surface area contributed by atoms with E-state index in [2.05, 4.69) is 9.88 Å². The number of hydrogen-bond acceptors (Lipinski definition) is 5. The van der Waals surface area contributed by atoms with Crippen LogP contribution in [0.15, 0.2) is 24.5 Å². The first-order valence-corrected chi connectivity index (χ1v) is 10.5. The number of nitrogens with zero attached hydrogens (tertiary/aromatic N) is 3. The van der Waals surface area contributed by atoms with Crippen molar-refractivity contribution >= 4 is 17.8 Å². The van der Waals surface area contributed by atoms with Gasteiger partial charge in [-0.05, 0) is 49.8 Å². The second kappa shape index (κ2) is 9.85. The maximum Gasteiger partial charge on any atom is 0.490 e. The molecule has 0 unspecified atom stereocenters. The number of carboxylic acid groups (broad SMARTS) is 1. The highest BCUT2D eigenvalue weighted by atomic mass is 19.4. The molecule has 3 aliphatic rings. The minimum absolute atomic E-state index is 0.0896. The molecule has 11 heteroatoms. The summed E-state index contributed by atoms with van der Waals surface area (Å²) in [6.45, 7) is 2.78. The molecular weight excluding hydrogens is 431 g/mol. The molecule has 0 aromatic carbocycles. The van der Waals surface area contributed by atoms with Gasteiger partial charge in [-0.2, -0.15) is 13.2 Å². The summed E-state index contributed by atoms with van der Waals surface area (Å²) in [4.78, 5) is 42.0. The van der Waals surface area contributed by atoms with E-state index in [9.17, 15) is 22.8 Å². The number of rotatable bonds is 3. The van der Waals surface area contributed by atoms with E-state index in [1.54, 1.807) is 12.4 Å². The lowest BCUT2D eigenvalue weighted by Crippen LogP contribution is -2.55. The second-order valence-electron chi connectivity index (χ2n) is 8.19. The van der Waals surface area contributed by atoms with Gasteiger partial charge in [-0.3, -0.25) is 14.6 Å². The van der Waals surface area contributed by atoms with E-state index in [4.69, 9.17) is 14.6 Å². The number of hydrogen-bond donors (Lipinski definition) is 1. The van der Waals surface area contributed by atoms with Crippen molar-refractivity contribution in [3.63, 3.8) is 0 Å². The van der Waals surface area contributed by atoms with Gasteiger partial charge < -0.3 is 19.6 Å². The first-order chi connectivity index (χ1) is 15.1. The molecule has 176 valence electrons. The van der Waals surface area contributed by atoms with Crippen molar-refractivity contribution in [2.45, 2.75) is 62.9 Å². The SMILES string of the molecule is O=C(O)C(F)(F)F.O=C([C@H]1CCCO1)N1CCC2(CCC(=O)N2Cc2ccncc2)CC1. The van der Waals surface area contributed by atoms with Crippen LogP contribution in [0.5, 0.6) is 0 Å². The summed E-state index contributed by atoms with van der Waals surface area (Å²) in [5.41, 5.74) is 1.02. The van der Waals surface area contributed by atoms with Crippen molar-refractivity contribution < 1.29 is 37.4 Å². The molecule has 1 aromatic heterocycles. The Bertz CT molecular complexity index is 820. The number of ether oxygens (including phenoxy) is 1. The Labute approximate surface area is 183 Å². The summed E-state index contributed by atoms with van der Waals surface area (Å²) < 4.78 is 37.3. The number of halogens is 3. The smallest absolute Gasteiger partial charge is 0.475 e. The molecule has 0 saturated carbocycles. The van der Waals surface area contributed by atoms with Gasteiger partial charge in [-0.15, -0.1) is 0 Å². The Balaban J connectivity index is 0.000000360. The molecule has 3 saturated heterocycles. The predicted octanol–water partition coefficient (Wildman–Crippen LogP) is 2.38. The standard InChI is InChI=1S/C19H25N3O3.C2HF3O2/c23-17-3-6-19(22(17)14-15-4-9-20-10-5-15)7-11-21(12-8-19)18(24)16-2-1-13-25-16;3-2(4,5)1(6)7/h4-5,9-10,16H,1-3,6-8,11-14H2;(H,6,7)/t16-;/m1./s1. The fourth-order valence-corrected chi connectivity index (χ4v) is 4.44. The van der Waals surface area contributed by atoms with Crippen molar-refractivity contribution in [3.8, 4) is 0 Å². The van der Waals surface area contributed by atoms with Gasteiger partial charge in [0.15, 0.2) is 0 Å². The predicted molar refractivity (Wildman–Crippen MR) is 105 cm³/mol. The minimum Gasteiger partial charge on any atom is -0.475 e. The Morgan fingerprint density at radius 1 is 1.19 bits per heavy atom. The van der Waals surface area contributed by atoms with Crippen molar-refractivity contribution in [1.29, 1.82) is 0 Å². The van der Waals surface area contributed by atoms with Crippen LogP contribution < -0.4 is 0 Å². The number of likely N-dealkylation sites (tertiary alicyclic amines) is 2. The molecule has 1 N–H and O–H groups in total. The lowest BCUT2D eigenvalue weighted by Gasteiger charge is -2.45. The van der Waals surface area contributed by atoms with Gasteiger partial charge in [-0.1, -0.05) is 0 Å². The van der Waals surface area contributed by atoms with Gasteiger partial charge >= 0.3 is 12.1 Å². The third kappa shape index (κ3) is 5.56. The maximum absolute atomic E-state index is 12.6. The molecule has 0 radical (unpaired) electrons. The number of amides is 2. The van der Waals surface area contributed by atoms with E-state index in [0.29, 0.717) is 19.6 Å². The molecule has 3 fully saturated rings. The van der Waals surface area contributed by atoms with E-state index in [1.807, 2.05) is 17.0 Å². The molecule has 8 nitrogen and oxygen atoms in total. The van der Waals surface area contributed by atoms with Crippen molar-refractivity contribution in [1.82, 2.24) is 14.8 Å². The zero-order chi connectivity index (χ0) is 23.4. The molecular formula is C21H26F3N3O5. The van der Waals surface area contributed by atoms with E-state index < -0.39 is 12.1 Å². The van der Waals surface area contributed by atoms with Crippen LogP contribution >= 0.6 is 0 Å². The minimum atomic E-state index is -5.08. The number of piperidine rings is 1. The summed E-state index contributed by atoms with van der Waals surface area (Å²) >= 11 is 0. The molecule has 4 heterocycles. The highest BCUT2D eigenvalue weighted by molar-refractivity contribution is 5.82. The monoisotopic (exact) mass is 457 g/mol. The van der Waals surface area contributed by atoms with Gasteiger partial charge in [-0.25, -0.2) is 4.79 Å². The quantitative estimate of drug-likeness (QED) is 0.748. The summed E-state index contributed by atoms with van der Waals surface area (Å²) in [6.07, 6.45) is 3.27. The van der Waals surface area contributed by atoms with Crippen LogP contribution in [0, 0.1) is 0 Å². The average molecular weight is 457 g/mol. The molecule has 4 rings (SSSR count). The van der Waals surface area contributed by atoms with E-state index in [1.165, 1.54) is 0 Å². The van der Waals surface area contributed by atoms with E-state index >= 15 is 0 Å². The first-order valence-electron chi connectivity index (χ1n) is 10.5.